The van der Waals surface area contributed by atoms with Crippen molar-refractivity contribution in [2.45, 2.75) is 32.9 Å². The molecular formula is C17H22FN5. The van der Waals surface area contributed by atoms with E-state index in [0.29, 0.717) is 18.0 Å². The maximum absolute atomic E-state index is 13.0. The van der Waals surface area contributed by atoms with Crippen LogP contribution in [0, 0.1) is 12.7 Å². The van der Waals surface area contributed by atoms with Crippen molar-refractivity contribution in [3.8, 4) is 0 Å². The average molecular weight is 315 g/mol. The zero-order valence-electron chi connectivity index (χ0n) is 13.7. The van der Waals surface area contributed by atoms with Gasteiger partial charge in [-0.3, -0.25) is 0 Å². The SMILES string of the molecule is Cc1cc(N2CC(C)NCC2C)nc(Nc2ccc(F)cc2)n1. The molecule has 2 N–H and O–H groups in total. The molecule has 1 aliphatic heterocycles. The maximum atomic E-state index is 13.0. The molecule has 1 aliphatic rings. The third-order valence-corrected chi connectivity index (χ3v) is 4.00. The van der Waals surface area contributed by atoms with Crippen LogP contribution in [0.1, 0.15) is 19.5 Å². The zero-order chi connectivity index (χ0) is 16.4. The summed E-state index contributed by atoms with van der Waals surface area (Å²) in [5, 5.41) is 6.62. The number of anilines is 3. The highest BCUT2D eigenvalue weighted by Crippen LogP contribution is 2.21. The molecule has 23 heavy (non-hydrogen) atoms. The third kappa shape index (κ3) is 3.76. The minimum atomic E-state index is -0.259. The molecule has 0 spiro atoms. The van der Waals surface area contributed by atoms with Gasteiger partial charge in [0.15, 0.2) is 0 Å². The Balaban J connectivity index is 1.85. The van der Waals surface area contributed by atoms with Crippen LogP contribution in [0.2, 0.25) is 0 Å². The molecule has 1 fully saturated rings. The summed E-state index contributed by atoms with van der Waals surface area (Å²) < 4.78 is 13.0. The Labute approximate surface area is 136 Å². The molecule has 0 radical (unpaired) electrons. The number of piperazine rings is 1. The highest BCUT2D eigenvalue weighted by atomic mass is 19.1. The van der Waals surface area contributed by atoms with Crippen molar-refractivity contribution in [3.63, 3.8) is 0 Å². The van der Waals surface area contributed by atoms with E-state index in [0.717, 1.165) is 30.3 Å². The van der Waals surface area contributed by atoms with E-state index in [-0.39, 0.29) is 5.82 Å². The van der Waals surface area contributed by atoms with Crippen molar-refractivity contribution in [2.75, 3.05) is 23.3 Å². The van der Waals surface area contributed by atoms with Gasteiger partial charge in [0.1, 0.15) is 11.6 Å². The van der Waals surface area contributed by atoms with Crippen molar-refractivity contribution in [1.82, 2.24) is 15.3 Å². The Morgan fingerprint density at radius 1 is 1.22 bits per heavy atom. The van der Waals surface area contributed by atoms with Gasteiger partial charge in [-0.05, 0) is 45.0 Å². The molecule has 0 saturated carbocycles. The van der Waals surface area contributed by atoms with Gasteiger partial charge in [0.05, 0.1) is 0 Å². The first-order chi connectivity index (χ1) is 11.0. The number of nitrogens with one attached hydrogen (secondary N) is 2. The summed E-state index contributed by atoms with van der Waals surface area (Å²) in [5.41, 5.74) is 1.67. The second-order valence-electron chi connectivity index (χ2n) is 6.13. The number of rotatable bonds is 3. The minimum Gasteiger partial charge on any atom is -0.351 e. The fourth-order valence-electron chi connectivity index (χ4n) is 2.76. The Morgan fingerprint density at radius 2 is 1.96 bits per heavy atom. The van der Waals surface area contributed by atoms with Crippen molar-refractivity contribution >= 4 is 17.5 Å². The van der Waals surface area contributed by atoms with Gasteiger partial charge in [-0.25, -0.2) is 9.37 Å². The summed E-state index contributed by atoms with van der Waals surface area (Å²) >= 11 is 0. The number of halogens is 1. The molecule has 6 heteroatoms. The van der Waals surface area contributed by atoms with E-state index in [2.05, 4.69) is 39.3 Å². The van der Waals surface area contributed by atoms with Crippen LogP contribution in [0.5, 0.6) is 0 Å². The summed E-state index contributed by atoms with van der Waals surface area (Å²) in [6, 6.07) is 8.99. The second kappa shape index (κ2) is 6.50. The first-order valence-corrected chi connectivity index (χ1v) is 7.89. The smallest absolute Gasteiger partial charge is 0.229 e. The summed E-state index contributed by atoms with van der Waals surface area (Å²) in [4.78, 5) is 11.4. The lowest BCUT2D eigenvalue weighted by Crippen LogP contribution is -2.54. The number of nitrogens with zero attached hydrogens (tertiary/aromatic N) is 3. The van der Waals surface area contributed by atoms with E-state index in [9.17, 15) is 4.39 Å². The van der Waals surface area contributed by atoms with Crippen LogP contribution in [0.3, 0.4) is 0 Å². The molecule has 2 aromatic rings. The molecule has 1 saturated heterocycles. The van der Waals surface area contributed by atoms with E-state index in [1.807, 2.05) is 13.0 Å². The molecule has 1 aromatic heterocycles. The number of hydrogen-bond acceptors (Lipinski definition) is 5. The molecular weight excluding hydrogens is 293 g/mol. The molecule has 0 amide bonds. The highest BCUT2D eigenvalue weighted by Gasteiger charge is 2.24. The second-order valence-corrected chi connectivity index (χ2v) is 6.13. The highest BCUT2D eigenvalue weighted by molar-refractivity contribution is 5.56. The van der Waals surface area contributed by atoms with Crippen LogP contribution in [0.4, 0.5) is 21.8 Å². The number of benzene rings is 1. The third-order valence-electron chi connectivity index (χ3n) is 4.00. The number of aryl methyl sites for hydroxylation is 1. The van der Waals surface area contributed by atoms with Gasteiger partial charge in [0.2, 0.25) is 5.95 Å². The van der Waals surface area contributed by atoms with Crippen LogP contribution >= 0.6 is 0 Å². The van der Waals surface area contributed by atoms with Gasteiger partial charge in [-0.2, -0.15) is 4.98 Å². The number of aromatic nitrogens is 2. The van der Waals surface area contributed by atoms with E-state index < -0.39 is 0 Å². The summed E-state index contributed by atoms with van der Waals surface area (Å²) in [5.74, 6) is 1.19. The predicted octanol–water partition coefficient (Wildman–Crippen LogP) is 2.85. The minimum absolute atomic E-state index is 0.259. The summed E-state index contributed by atoms with van der Waals surface area (Å²) in [6.07, 6.45) is 0. The lowest BCUT2D eigenvalue weighted by molar-refractivity contribution is 0.422. The van der Waals surface area contributed by atoms with Gasteiger partial charge in [0.25, 0.3) is 0 Å². The maximum Gasteiger partial charge on any atom is 0.229 e. The molecule has 2 heterocycles. The quantitative estimate of drug-likeness (QED) is 0.912. The van der Waals surface area contributed by atoms with Crippen LogP contribution < -0.4 is 15.5 Å². The molecule has 2 unspecified atom stereocenters. The normalized spacial score (nSPS) is 21.3. The van der Waals surface area contributed by atoms with E-state index in [1.165, 1.54) is 12.1 Å². The topological polar surface area (TPSA) is 53.1 Å². The monoisotopic (exact) mass is 315 g/mol. The summed E-state index contributed by atoms with van der Waals surface area (Å²) in [6.45, 7) is 8.16. The largest absolute Gasteiger partial charge is 0.351 e. The van der Waals surface area contributed by atoms with Crippen molar-refractivity contribution < 1.29 is 4.39 Å². The lowest BCUT2D eigenvalue weighted by atomic mass is 10.1. The molecule has 3 rings (SSSR count). The van der Waals surface area contributed by atoms with Crippen molar-refractivity contribution in [3.05, 3.63) is 41.8 Å². The zero-order valence-corrected chi connectivity index (χ0v) is 13.7. The van der Waals surface area contributed by atoms with Gasteiger partial charge in [0, 0.05) is 42.6 Å². The molecule has 122 valence electrons. The van der Waals surface area contributed by atoms with Gasteiger partial charge >= 0.3 is 0 Å². The summed E-state index contributed by atoms with van der Waals surface area (Å²) in [7, 11) is 0. The van der Waals surface area contributed by atoms with Crippen LogP contribution in [-0.2, 0) is 0 Å². The van der Waals surface area contributed by atoms with Gasteiger partial charge in [-0.1, -0.05) is 0 Å². The molecule has 2 atom stereocenters. The fourth-order valence-corrected chi connectivity index (χ4v) is 2.76. The van der Waals surface area contributed by atoms with Gasteiger partial charge < -0.3 is 15.5 Å². The Morgan fingerprint density at radius 3 is 2.70 bits per heavy atom. The van der Waals surface area contributed by atoms with E-state index in [4.69, 9.17) is 0 Å². The van der Waals surface area contributed by atoms with Crippen molar-refractivity contribution in [1.29, 1.82) is 0 Å². The van der Waals surface area contributed by atoms with Crippen molar-refractivity contribution in [2.24, 2.45) is 0 Å². The molecule has 1 aromatic carbocycles. The fraction of sp³-hybridized carbons (Fsp3) is 0.412. The average Bonchev–Trinajstić information content (AvgIpc) is 2.51. The standard InChI is InChI=1S/C17H22FN5/c1-11-8-16(23-10-12(2)19-9-13(23)3)22-17(20-11)21-15-6-4-14(18)5-7-15/h4-8,12-13,19H,9-10H2,1-3H3,(H,20,21,22). The van der Waals surface area contributed by atoms with Crippen LogP contribution in [0.25, 0.3) is 0 Å². The lowest BCUT2D eigenvalue weighted by Gasteiger charge is -2.38. The van der Waals surface area contributed by atoms with E-state index in [1.54, 1.807) is 12.1 Å². The molecule has 5 nitrogen and oxygen atoms in total. The number of hydrogen-bond donors (Lipinski definition) is 2. The molecule has 0 aliphatic carbocycles. The first-order valence-electron chi connectivity index (χ1n) is 7.89. The van der Waals surface area contributed by atoms with Crippen LogP contribution in [-0.4, -0.2) is 35.1 Å². The van der Waals surface area contributed by atoms with Crippen LogP contribution in [0.15, 0.2) is 30.3 Å². The Hall–Kier alpha value is -2.21. The Kier molecular flexibility index (Phi) is 4.43. The predicted molar refractivity (Wildman–Crippen MR) is 90.7 cm³/mol. The van der Waals surface area contributed by atoms with E-state index >= 15 is 0 Å². The Bertz CT molecular complexity index is 673. The molecule has 0 bridgehead atoms. The van der Waals surface area contributed by atoms with Gasteiger partial charge in [-0.15, -0.1) is 0 Å². The first kappa shape index (κ1) is 15.7.